The van der Waals surface area contributed by atoms with E-state index in [-0.39, 0.29) is 5.25 Å². The summed E-state index contributed by atoms with van der Waals surface area (Å²) in [6.07, 6.45) is 6.73. The molecule has 1 fully saturated rings. The number of hydrogen-bond acceptors (Lipinski definition) is 7. The van der Waals surface area contributed by atoms with Crippen LogP contribution in [0.5, 0.6) is 0 Å². The van der Waals surface area contributed by atoms with Crippen LogP contribution in [0.3, 0.4) is 0 Å². The number of nitrogens with zero attached hydrogens (tertiary/aromatic N) is 7. The Morgan fingerprint density at radius 2 is 2.16 bits per heavy atom. The lowest BCUT2D eigenvalue weighted by molar-refractivity contribution is 0.478. The summed E-state index contributed by atoms with van der Waals surface area (Å²) in [5.41, 5.74) is 4.97. The molecule has 6 heterocycles. The van der Waals surface area contributed by atoms with Crippen LogP contribution in [0.2, 0.25) is 0 Å². The molecular formula is C20H16N8OS2. The zero-order chi connectivity index (χ0) is 20.7. The number of pyridine rings is 2. The van der Waals surface area contributed by atoms with Gasteiger partial charge in [0.2, 0.25) is 9.86 Å². The molecule has 11 heteroatoms. The van der Waals surface area contributed by atoms with Crippen molar-refractivity contribution >= 4 is 60.3 Å². The molecule has 6 aromatic rings. The van der Waals surface area contributed by atoms with Gasteiger partial charge in [-0.2, -0.15) is 9.73 Å². The van der Waals surface area contributed by atoms with Gasteiger partial charge in [0.25, 0.3) is 0 Å². The third kappa shape index (κ3) is 2.45. The highest BCUT2D eigenvalue weighted by Crippen LogP contribution is 2.43. The monoisotopic (exact) mass is 448 g/mol. The van der Waals surface area contributed by atoms with E-state index < -0.39 is 11.2 Å². The van der Waals surface area contributed by atoms with E-state index in [1.165, 1.54) is 11.3 Å². The fraction of sp³-hybridized carbons (Fsp3) is 0.250. The highest BCUT2D eigenvalue weighted by Gasteiger charge is 2.35. The minimum atomic E-state index is -1.05. The van der Waals surface area contributed by atoms with E-state index in [0.29, 0.717) is 5.65 Å². The van der Waals surface area contributed by atoms with Gasteiger partial charge in [-0.05, 0) is 37.5 Å². The topological polar surface area (TPSA) is 113 Å². The average Bonchev–Trinajstić information content (AvgIpc) is 3.45. The molecule has 1 atom stereocenters. The summed E-state index contributed by atoms with van der Waals surface area (Å²) in [6.45, 7) is 0. The van der Waals surface area contributed by atoms with Gasteiger partial charge in [0, 0.05) is 35.4 Å². The van der Waals surface area contributed by atoms with Crippen LogP contribution < -0.4 is 0 Å². The normalized spacial score (nSPS) is 16.1. The molecule has 1 unspecified atom stereocenters. The van der Waals surface area contributed by atoms with E-state index in [4.69, 9.17) is 4.98 Å². The van der Waals surface area contributed by atoms with Crippen LogP contribution in [0.4, 0.5) is 0 Å². The van der Waals surface area contributed by atoms with Crippen molar-refractivity contribution in [2.45, 2.75) is 28.7 Å². The van der Waals surface area contributed by atoms with Crippen molar-refractivity contribution in [1.82, 2.24) is 39.8 Å². The summed E-state index contributed by atoms with van der Waals surface area (Å²) >= 11 is 0.465. The first-order valence-electron chi connectivity index (χ1n) is 10.0. The molecule has 31 heavy (non-hydrogen) atoms. The average molecular weight is 449 g/mol. The van der Waals surface area contributed by atoms with Gasteiger partial charge in [-0.1, -0.05) is 16.6 Å². The number of aromatic nitrogens is 8. The van der Waals surface area contributed by atoms with Crippen LogP contribution in [-0.2, 0) is 18.2 Å². The summed E-state index contributed by atoms with van der Waals surface area (Å²) in [5, 5.41) is 18.1. The number of hydrogen-bond donors (Lipinski definition) is 1. The quantitative estimate of drug-likeness (QED) is 0.415. The molecule has 6 aromatic heterocycles. The summed E-state index contributed by atoms with van der Waals surface area (Å²) in [5.74, 6) is 0. The SMILES string of the molecule is Cn1nnc2ncc(-c3cc4c5c(n3)sc([S+]([O-])C3CCC3)c5[nH]n3nccc43)cc21. The van der Waals surface area contributed by atoms with E-state index >= 15 is 0 Å². The Hall–Kier alpha value is -3.02. The van der Waals surface area contributed by atoms with Crippen molar-refractivity contribution in [2.75, 3.05) is 0 Å². The minimum absolute atomic E-state index is 0.233. The Morgan fingerprint density at radius 3 is 3.00 bits per heavy atom. The standard InChI is InChI=1S/C20H16N8OS2/c1-27-15-7-10(9-21-18(15)24-26-27)13-8-12-14-5-6-22-28(14)25-17-16(12)19(23-13)30-20(17)31(29)11-3-2-4-11/h5-9,11,25H,2-4H2,1H3. The Kier molecular flexibility index (Phi) is 3.56. The number of rotatable bonds is 3. The molecule has 0 spiro atoms. The van der Waals surface area contributed by atoms with Crippen molar-refractivity contribution in [3.05, 3.63) is 30.6 Å². The molecule has 0 saturated heterocycles. The van der Waals surface area contributed by atoms with Crippen LogP contribution in [0.1, 0.15) is 19.3 Å². The van der Waals surface area contributed by atoms with Crippen molar-refractivity contribution < 1.29 is 4.55 Å². The molecule has 1 N–H and O–H groups in total. The van der Waals surface area contributed by atoms with Crippen LogP contribution in [0.25, 0.3) is 49.1 Å². The largest absolute Gasteiger partial charge is 0.611 e. The van der Waals surface area contributed by atoms with Crippen molar-refractivity contribution in [1.29, 1.82) is 0 Å². The first-order chi connectivity index (χ1) is 15.2. The van der Waals surface area contributed by atoms with Gasteiger partial charge >= 0.3 is 0 Å². The Balaban J connectivity index is 1.53. The van der Waals surface area contributed by atoms with Crippen LogP contribution in [-0.4, -0.2) is 49.6 Å². The van der Waals surface area contributed by atoms with Gasteiger partial charge in [0.1, 0.15) is 21.1 Å². The first-order valence-corrected chi connectivity index (χ1v) is 12.1. The molecule has 0 radical (unpaired) electrons. The van der Waals surface area contributed by atoms with Crippen molar-refractivity contribution in [3.63, 3.8) is 0 Å². The highest BCUT2D eigenvalue weighted by atomic mass is 32.2. The maximum absolute atomic E-state index is 13.3. The van der Waals surface area contributed by atoms with Crippen molar-refractivity contribution in [3.8, 4) is 11.3 Å². The molecule has 0 bridgehead atoms. The molecule has 1 aliphatic carbocycles. The molecule has 0 aromatic carbocycles. The molecule has 0 aliphatic heterocycles. The lowest BCUT2D eigenvalue weighted by Gasteiger charge is -2.26. The summed E-state index contributed by atoms with van der Waals surface area (Å²) in [7, 11) is 1.85. The zero-order valence-electron chi connectivity index (χ0n) is 16.4. The van der Waals surface area contributed by atoms with E-state index in [2.05, 4.69) is 31.6 Å². The second-order valence-corrected chi connectivity index (χ2v) is 10.8. The Bertz CT molecular complexity index is 1620. The van der Waals surface area contributed by atoms with E-state index in [0.717, 1.165) is 66.9 Å². The maximum Gasteiger partial charge on any atom is 0.234 e. The molecule has 1 aliphatic rings. The minimum Gasteiger partial charge on any atom is -0.611 e. The number of H-pyrrole nitrogens is 1. The molecular weight excluding hydrogens is 432 g/mol. The van der Waals surface area contributed by atoms with E-state index in [1.807, 2.05) is 19.2 Å². The lowest BCUT2D eigenvalue weighted by Crippen LogP contribution is -2.28. The fourth-order valence-electron chi connectivity index (χ4n) is 4.17. The molecule has 7 rings (SSSR count). The van der Waals surface area contributed by atoms with Crippen LogP contribution in [0, 0.1) is 0 Å². The van der Waals surface area contributed by atoms with Crippen molar-refractivity contribution in [2.24, 2.45) is 7.05 Å². The second kappa shape index (κ2) is 6.25. The third-order valence-electron chi connectivity index (χ3n) is 6.07. The fourth-order valence-corrected chi connectivity index (χ4v) is 7.44. The summed E-state index contributed by atoms with van der Waals surface area (Å²) in [6, 6.07) is 6.04. The molecule has 9 nitrogen and oxygen atoms in total. The number of aromatic amines is 1. The summed E-state index contributed by atoms with van der Waals surface area (Å²) < 4.78 is 17.6. The zero-order valence-corrected chi connectivity index (χ0v) is 18.1. The van der Waals surface area contributed by atoms with Gasteiger partial charge in [-0.25, -0.2) is 14.6 Å². The van der Waals surface area contributed by atoms with Gasteiger partial charge in [-0.15, -0.1) is 5.10 Å². The predicted molar refractivity (Wildman–Crippen MR) is 120 cm³/mol. The van der Waals surface area contributed by atoms with Crippen LogP contribution >= 0.6 is 11.3 Å². The number of aryl methyl sites for hydroxylation is 1. The first kappa shape index (κ1) is 17.6. The molecule has 1 saturated carbocycles. The highest BCUT2D eigenvalue weighted by molar-refractivity contribution is 7.94. The Labute approximate surface area is 182 Å². The maximum atomic E-state index is 13.3. The lowest BCUT2D eigenvalue weighted by atomic mass is 10.0. The molecule has 154 valence electrons. The van der Waals surface area contributed by atoms with Gasteiger partial charge in [0.15, 0.2) is 0 Å². The predicted octanol–water partition coefficient (Wildman–Crippen LogP) is 3.43. The van der Waals surface area contributed by atoms with E-state index in [9.17, 15) is 4.55 Å². The smallest absolute Gasteiger partial charge is 0.234 e. The second-order valence-electron chi connectivity index (χ2n) is 7.87. The number of thiophene rings is 1. The van der Waals surface area contributed by atoms with Crippen LogP contribution in [0.15, 0.2) is 34.8 Å². The van der Waals surface area contributed by atoms with Gasteiger partial charge in [-0.3, -0.25) is 5.10 Å². The van der Waals surface area contributed by atoms with E-state index in [1.54, 1.807) is 21.7 Å². The van der Waals surface area contributed by atoms with Gasteiger partial charge in [0.05, 0.1) is 22.8 Å². The number of fused-ring (bicyclic) bond motifs is 3. The number of nitrogens with one attached hydrogen (secondary N) is 1. The molecule has 0 amide bonds. The Morgan fingerprint density at radius 1 is 1.26 bits per heavy atom. The third-order valence-corrected chi connectivity index (χ3v) is 9.34. The van der Waals surface area contributed by atoms with Gasteiger partial charge < -0.3 is 4.55 Å². The summed E-state index contributed by atoms with van der Waals surface area (Å²) in [4.78, 5) is 10.3.